The van der Waals surface area contributed by atoms with Crippen LogP contribution in [0.2, 0.25) is 0 Å². The van der Waals surface area contributed by atoms with Crippen molar-refractivity contribution in [3.63, 3.8) is 0 Å². The molecular formula is C13H17NO4. The van der Waals surface area contributed by atoms with E-state index in [9.17, 15) is 4.79 Å². The van der Waals surface area contributed by atoms with Crippen LogP contribution in [0.3, 0.4) is 0 Å². The summed E-state index contributed by atoms with van der Waals surface area (Å²) in [5.74, 6) is 0.634. The molecule has 5 heteroatoms. The van der Waals surface area contributed by atoms with Crippen molar-refractivity contribution in [2.45, 2.75) is 12.7 Å². The Balaban J connectivity index is 1.76. The largest absolute Gasteiger partial charge is 0.497 e. The second-order valence-corrected chi connectivity index (χ2v) is 3.94. The standard InChI is InChI=1S/C13H17NO4/c1-16-11-4-2-10(3-5-11)13(15)14-7-6-12-17-8-9-18-12/h2-5,12H,6-9H2,1H3,(H,14,15). The lowest BCUT2D eigenvalue weighted by Crippen LogP contribution is -2.27. The lowest BCUT2D eigenvalue weighted by atomic mass is 10.2. The summed E-state index contributed by atoms with van der Waals surface area (Å²) in [6.45, 7) is 1.81. The van der Waals surface area contributed by atoms with Crippen molar-refractivity contribution in [2.75, 3.05) is 26.9 Å². The Morgan fingerprint density at radius 2 is 2.00 bits per heavy atom. The fourth-order valence-corrected chi connectivity index (χ4v) is 1.72. The van der Waals surface area contributed by atoms with E-state index in [1.807, 2.05) is 0 Å². The number of rotatable bonds is 5. The summed E-state index contributed by atoms with van der Waals surface area (Å²) in [5, 5.41) is 2.82. The van der Waals surface area contributed by atoms with E-state index in [1.54, 1.807) is 31.4 Å². The molecule has 1 saturated heterocycles. The van der Waals surface area contributed by atoms with Crippen LogP contribution in [-0.4, -0.2) is 39.1 Å². The smallest absolute Gasteiger partial charge is 0.251 e. The molecule has 1 fully saturated rings. The van der Waals surface area contributed by atoms with Gasteiger partial charge >= 0.3 is 0 Å². The second-order valence-electron chi connectivity index (χ2n) is 3.94. The summed E-state index contributed by atoms with van der Waals surface area (Å²) in [6.07, 6.45) is 0.489. The van der Waals surface area contributed by atoms with Crippen LogP contribution in [-0.2, 0) is 9.47 Å². The fraction of sp³-hybridized carbons (Fsp3) is 0.462. The van der Waals surface area contributed by atoms with E-state index in [0.717, 1.165) is 5.75 Å². The molecule has 1 heterocycles. The number of ether oxygens (including phenoxy) is 3. The zero-order chi connectivity index (χ0) is 12.8. The van der Waals surface area contributed by atoms with Crippen molar-refractivity contribution in [3.8, 4) is 5.75 Å². The van der Waals surface area contributed by atoms with Crippen LogP contribution >= 0.6 is 0 Å². The van der Waals surface area contributed by atoms with E-state index in [2.05, 4.69) is 5.32 Å². The zero-order valence-corrected chi connectivity index (χ0v) is 10.3. The first-order chi connectivity index (χ1) is 8.79. The summed E-state index contributed by atoms with van der Waals surface area (Å²) in [6, 6.07) is 6.99. The Morgan fingerprint density at radius 3 is 2.61 bits per heavy atom. The van der Waals surface area contributed by atoms with Gasteiger partial charge in [0.1, 0.15) is 5.75 Å². The van der Waals surface area contributed by atoms with Crippen LogP contribution in [0.1, 0.15) is 16.8 Å². The zero-order valence-electron chi connectivity index (χ0n) is 10.3. The van der Waals surface area contributed by atoms with Crippen LogP contribution in [0.15, 0.2) is 24.3 Å². The number of hydrogen-bond donors (Lipinski definition) is 1. The third-order valence-electron chi connectivity index (χ3n) is 2.71. The average Bonchev–Trinajstić information content (AvgIpc) is 2.92. The van der Waals surface area contributed by atoms with E-state index in [-0.39, 0.29) is 12.2 Å². The molecule has 18 heavy (non-hydrogen) atoms. The predicted octanol–water partition coefficient (Wildman–Crippen LogP) is 1.19. The predicted molar refractivity (Wildman–Crippen MR) is 65.6 cm³/mol. The van der Waals surface area contributed by atoms with Gasteiger partial charge in [-0.1, -0.05) is 0 Å². The van der Waals surface area contributed by atoms with Crippen LogP contribution in [0.4, 0.5) is 0 Å². The number of methoxy groups -OCH3 is 1. The topological polar surface area (TPSA) is 56.8 Å². The highest BCUT2D eigenvalue weighted by molar-refractivity contribution is 5.94. The van der Waals surface area contributed by atoms with Gasteiger partial charge in [-0.2, -0.15) is 0 Å². The van der Waals surface area contributed by atoms with Crippen molar-refractivity contribution in [2.24, 2.45) is 0 Å². The van der Waals surface area contributed by atoms with Gasteiger partial charge in [-0.05, 0) is 24.3 Å². The molecule has 98 valence electrons. The number of amides is 1. The minimum absolute atomic E-state index is 0.101. The van der Waals surface area contributed by atoms with Crippen LogP contribution in [0, 0.1) is 0 Å². The number of carbonyl (C=O) groups is 1. The molecule has 0 bridgehead atoms. The van der Waals surface area contributed by atoms with E-state index >= 15 is 0 Å². The molecule has 1 amide bonds. The minimum Gasteiger partial charge on any atom is -0.497 e. The summed E-state index contributed by atoms with van der Waals surface area (Å²) >= 11 is 0. The molecule has 1 N–H and O–H groups in total. The molecule has 1 aromatic rings. The molecule has 0 atom stereocenters. The van der Waals surface area contributed by atoms with Crippen molar-refractivity contribution >= 4 is 5.91 Å². The maximum absolute atomic E-state index is 11.8. The molecule has 0 saturated carbocycles. The normalized spacial score (nSPS) is 15.6. The maximum atomic E-state index is 11.8. The van der Waals surface area contributed by atoms with Gasteiger partial charge in [0.05, 0.1) is 20.3 Å². The molecule has 1 aromatic carbocycles. The van der Waals surface area contributed by atoms with E-state index in [4.69, 9.17) is 14.2 Å². The van der Waals surface area contributed by atoms with Crippen molar-refractivity contribution in [1.82, 2.24) is 5.32 Å². The lowest BCUT2D eigenvalue weighted by molar-refractivity contribution is -0.0455. The molecule has 2 rings (SSSR count). The molecule has 1 aliphatic heterocycles. The van der Waals surface area contributed by atoms with Gasteiger partial charge in [0, 0.05) is 18.5 Å². The summed E-state index contributed by atoms with van der Waals surface area (Å²) < 4.78 is 15.6. The van der Waals surface area contributed by atoms with Gasteiger partial charge < -0.3 is 19.5 Å². The van der Waals surface area contributed by atoms with E-state index in [0.29, 0.717) is 31.7 Å². The Labute approximate surface area is 106 Å². The summed E-state index contributed by atoms with van der Waals surface area (Å²) in [4.78, 5) is 11.8. The Kier molecular flexibility index (Phi) is 4.55. The first kappa shape index (κ1) is 12.9. The van der Waals surface area contributed by atoms with Crippen molar-refractivity contribution in [1.29, 1.82) is 0 Å². The second kappa shape index (κ2) is 6.37. The highest BCUT2D eigenvalue weighted by Crippen LogP contribution is 2.11. The molecule has 0 radical (unpaired) electrons. The Hall–Kier alpha value is -1.59. The molecule has 1 aliphatic rings. The molecular weight excluding hydrogens is 234 g/mol. The van der Waals surface area contributed by atoms with Crippen LogP contribution in [0.5, 0.6) is 5.75 Å². The molecule has 5 nitrogen and oxygen atoms in total. The quantitative estimate of drug-likeness (QED) is 0.854. The molecule has 0 spiro atoms. The van der Waals surface area contributed by atoms with Crippen molar-refractivity contribution in [3.05, 3.63) is 29.8 Å². The van der Waals surface area contributed by atoms with Crippen LogP contribution in [0.25, 0.3) is 0 Å². The molecule has 0 aliphatic carbocycles. The number of carbonyl (C=O) groups excluding carboxylic acids is 1. The van der Waals surface area contributed by atoms with Gasteiger partial charge in [0.15, 0.2) is 6.29 Å². The highest BCUT2D eigenvalue weighted by atomic mass is 16.7. The Bertz CT molecular complexity index is 384. The molecule has 0 unspecified atom stereocenters. The van der Waals surface area contributed by atoms with Gasteiger partial charge in [0.2, 0.25) is 0 Å². The number of nitrogens with one attached hydrogen (secondary N) is 1. The van der Waals surface area contributed by atoms with Gasteiger partial charge in [-0.15, -0.1) is 0 Å². The van der Waals surface area contributed by atoms with Gasteiger partial charge in [-0.25, -0.2) is 0 Å². The van der Waals surface area contributed by atoms with Gasteiger partial charge in [0.25, 0.3) is 5.91 Å². The third-order valence-corrected chi connectivity index (χ3v) is 2.71. The lowest BCUT2D eigenvalue weighted by Gasteiger charge is -2.10. The molecule has 0 aromatic heterocycles. The monoisotopic (exact) mass is 251 g/mol. The number of benzene rings is 1. The first-order valence-corrected chi connectivity index (χ1v) is 5.95. The van der Waals surface area contributed by atoms with E-state index < -0.39 is 0 Å². The summed E-state index contributed by atoms with van der Waals surface area (Å²) in [5.41, 5.74) is 0.615. The number of hydrogen-bond acceptors (Lipinski definition) is 4. The van der Waals surface area contributed by atoms with Gasteiger partial charge in [-0.3, -0.25) is 4.79 Å². The summed E-state index contributed by atoms with van der Waals surface area (Å²) in [7, 11) is 1.59. The average molecular weight is 251 g/mol. The first-order valence-electron chi connectivity index (χ1n) is 5.95. The van der Waals surface area contributed by atoms with Crippen molar-refractivity contribution < 1.29 is 19.0 Å². The van der Waals surface area contributed by atoms with E-state index in [1.165, 1.54) is 0 Å². The highest BCUT2D eigenvalue weighted by Gasteiger charge is 2.15. The Morgan fingerprint density at radius 1 is 1.33 bits per heavy atom. The minimum atomic E-state index is -0.179. The third kappa shape index (κ3) is 3.45. The SMILES string of the molecule is COc1ccc(C(=O)NCCC2OCCO2)cc1. The maximum Gasteiger partial charge on any atom is 0.251 e. The van der Waals surface area contributed by atoms with Crippen LogP contribution < -0.4 is 10.1 Å². The fourth-order valence-electron chi connectivity index (χ4n) is 1.72.